The van der Waals surface area contributed by atoms with Crippen LogP contribution in [0.4, 0.5) is 28.4 Å². The Hall–Kier alpha value is -5.95. The van der Waals surface area contributed by atoms with E-state index in [0.717, 1.165) is 93.3 Å². The molecule has 1 saturated heterocycles. The van der Waals surface area contributed by atoms with Gasteiger partial charge in [0.1, 0.15) is 0 Å². The van der Waals surface area contributed by atoms with Crippen LogP contribution in [0.15, 0.2) is 127 Å². The van der Waals surface area contributed by atoms with Crippen LogP contribution in [0.2, 0.25) is 0 Å². The third-order valence-electron chi connectivity index (χ3n) is 10.9. The van der Waals surface area contributed by atoms with E-state index in [-0.39, 0.29) is 5.97 Å². The number of carbonyl (C=O) groups excluding carboxylic acids is 1. The van der Waals surface area contributed by atoms with Crippen LogP contribution < -0.4 is 24.5 Å². The van der Waals surface area contributed by atoms with Crippen LogP contribution in [0.3, 0.4) is 0 Å². The van der Waals surface area contributed by atoms with Gasteiger partial charge in [-0.3, -0.25) is 0 Å². The van der Waals surface area contributed by atoms with Crippen molar-refractivity contribution in [3.63, 3.8) is 0 Å². The molecule has 7 nitrogen and oxygen atoms in total. The number of cyclic esters (lactones) is 1. The summed E-state index contributed by atoms with van der Waals surface area (Å²) >= 11 is 0. The van der Waals surface area contributed by atoms with Crippen LogP contribution in [0.1, 0.15) is 51.0 Å². The smallest absolute Gasteiger partial charge is 0.340 e. The molecule has 0 aromatic heterocycles. The van der Waals surface area contributed by atoms with Gasteiger partial charge in [0.15, 0.2) is 5.60 Å². The van der Waals surface area contributed by atoms with Crippen molar-refractivity contribution >= 4 is 45.6 Å². The Morgan fingerprint density at radius 3 is 1.20 bits per heavy atom. The number of benzene rings is 5. The van der Waals surface area contributed by atoms with Crippen LogP contribution in [-0.2, 0) is 10.3 Å². The highest BCUT2D eigenvalue weighted by Gasteiger charge is 2.44. The second kappa shape index (κ2) is 15.4. The third kappa shape index (κ3) is 7.70. The fourth-order valence-corrected chi connectivity index (χ4v) is 7.59. The zero-order valence-electron chi connectivity index (χ0n) is 33.5. The third-order valence-corrected chi connectivity index (χ3v) is 10.9. The Labute approximate surface area is 327 Å². The molecule has 55 heavy (non-hydrogen) atoms. The molecule has 0 radical (unpaired) electrons. The van der Waals surface area contributed by atoms with Crippen molar-refractivity contribution in [2.45, 2.75) is 18.4 Å². The van der Waals surface area contributed by atoms with Crippen molar-refractivity contribution in [3.05, 3.63) is 161 Å². The maximum atomic E-state index is 14.3. The fraction of sp³-hybridized carbons (Fsp3) is 0.271. The van der Waals surface area contributed by atoms with Crippen LogP contribution in [0, 0.1) is 0 Å². The van der Waals surface area contributed by atoms with Crippen molar-refractivity contribution in [1.29, 1.82) is 0 Å². The number of esters is 1. The first-order valence-corrected chi connectivity index (χ1v) is 19.1. The monoisotopic (exact) mass is 731 g/mol. The summed E-state index contributed by atoms with van der Waals surface area (Å²) in [7, 11) is 16.4. The first-order chi connectivity index (χ1) is 26.4. The molecular weight excluding hydrogens is 679 g/mol. The Morgan fingerprint density at radius 1 is 0.527 bits per heavy atom. The molecule has 7 rings (SSSR count). The molecule has 2 heterocycles. The maximum Gasteiger partial charge on any atom is 0.340 e. The minimum Gasteiger partial charge on any atom is -0.442 e. The highest BCUT2D eigenvalue weighted by Crippen LogP contribution is 2.46. The van der Waals surface area contributed by atoms with Gasteiger partial charge in [0, 0.05) is 103 Å². The Kier molecular flexibility index (Phi) is 10.5. The molecule has 0 saturated carbocycles. The van der Waals surface area contributed by atoms with E-state index in [1.54, 1.807) is 0 Å². The average Bonchev–Trinajstić information content (AvgIpc) is 3.83. The van der Waals surface area contributed by atoms with Gasteiger partial charge < -0.3 is 29.2 Å². The van der Waals surface area contributed by atoms with E-state index in [4.69, 9.17) is 4.74 Å². The number of nitrogens with zero attached hydrogens (tertiary/aromatic N) is 5. The SMILES string of the molecule is CN(C)c1ccc(C(=CC2(C=C(c3ccc(N(C)C)cc3)c3ccc(N(C)C)cc3)OC(=O)c3cc(N4CCCC4)ccc32)c2ccc(N(C)C)cc2)cc1. The van der Waals surface area contributed by atoms with Crippen molar-refractivity contribution in [2.24, 2.45) is 0 Å². The lowest BCUT2D eigenvalue weighted by Crippen LogP contribution is -2.23. The first kappa shape index (κ1) is 37.4. The second-order valence-corrected chi connectivity index (χ2v) is 15.5. The minimum absolute atomic E-state index is 0.320. The Morgan fingerprint density at radius 2 is 0.873 bits per heavy atom. The number of rotatable bonds is 11. The van der Waals surface area contributed by atoms with Gasteiger partial charge in [-0.05, 0) is 119 Å². The zero-order chi connectivity index (χ0) is 38.9. The Balaban J connectivity index is 1.51. The molecule has 2 aliphatic heterocycles. The van der Waals surface area contributed by atoms with E-state index < -0.39 is 5.60 Å². The summed E-state index contributed by atoms with van der Waals surface area (Å²) in [6.07, 6.45) is 6.65. The molecule has 282 valence electrons. The van der Waals surface area contributed by atoms with Gasteiger partial charge >= 0.3 is 5.97 Å². The van der Waals surface area contributed by atoms with Gasteiger partial charge in [0.2, 0.25) is 0 Å². The van der Waals surface area contributed by atoms with Gasteiger partial charge in [-0.25, -0.2) is 4.79 Å². The van der Waals surface area contributed by atoms with Gasteiger partial charge in [0.05, 0.1) is 5.56 Å². The van der Waals surface area contributed by atoms with Gasteiger partial charge in [-0.15, -0.1) is 0 Å². The van der Waals surface area contributed by atoms with E-state index in [2.05, 4.69) is 202 Å². The highest BCUT2D eigenvalue weighted by atomic mass is 16.6. The molecule has 0 N–H and O–H groups in total. The molecular formula is C48H53N5O2. The summed E-state index contributed by atoms with van der Waals surface area (Å²) in [6, 6.07) is 40.7. The lowest BCUT2D eigenvalue weighted by atomic mass is 9.83. The number of anilines is 5. The molecule has 0 bridgehead atoms. The zero-order valence-corrected chi connectivity index (χ0v) is 33.5. The molecule has 0 aliphatic carbocycles. The molecule has 0 spiro atoms. The molecule has 0 atom stereocenters. The van der Waals surface area contributed by atoms with Gasteiger partial charge in [-0.2, -0.15) is 0 Å². The molecule has 1 fully saturated rings. The lowest BCUT2D eigenvalue weighted by Gasteiger charge is -2.27. The number of carbonyl (C=O) groups is 1. The predicted octanol–water partition coefficient (Wildman–Crippen LogP) is 9.18. The van der Waals surface area contributed by atoms with E-state index in [0.29, 0.717) is 5.56 Å². The van der Waals surface area contributed by atoms with Crippen molar-refractivity contribution in [3.8, 4) is 0 Å². The van der Waals surface area contributed by atoms with Crippen molar-refractivity contribution in [1.82, 2.24) is 0 Å². The maximum absolute atomic E-state index is 14.3. The highest BCUT2D eigenvalue weighted by molar-refractivity contribution is 5.98. The summed E-state index contributed by atoms with van der Waals surface area (Å²) in [5.41, 5.74) is 11.8. The summed E-state index contributed by atoms with van der Waals surface area (Å²) in [6.45, 7) is 1.98. The van der Waals surface area contributed by atoms with Crippen LogP contribution >= 0.6 is 0 Å². The molecule has 5 aromatic rings. The lowest BCUT2D eigenvalue weighted by molar-refractivity contribution is 0.0299. The van der Waals surface area contributed by atoms with E-state index >= 15 is 0 Å². The van der Waals surface area contributed by atoms with E-state index in [9.17, 15) is 4.79 Å². The molecule has 0 amide bonds. The number of hydrogen-bond acceptors (Lipinski definition) is 7. The number of ether oxygens (including phenoxy) is 1. The standard InChI is InChI=1S/C48H53N5O2/c1-49(2)38-19-11-34(12-20-38)44(35-13-21-39(22-14-35)50(3)4)32-48(46-28-27-42(53-29-9-10-30-53)31-43(46)47(54)55-48)33-45(36-15-23-40(24-16-36)51(5)6)37-17-25-41(26-18-37)52(7)8/h11-28,31-33H,9-10,29-30H2,1-8H3. The fourth-order valence-electron chi connectivity index (χ4n) is 7.59. The van der Waals surface area contributed by atoms with Crippen LogP contribution in [0.25, 0.3) is 11.1 Å². The number of hydrogen-bond donors (Lipinski definition) is 0. The first-order valence-electron chi connectivity index (χ1n) is 19.1. The van der Waals surface area contributed by atoms with Crippen LogP contribution in [0.5, 0.6) is 0 Å². The van der Waals surface area contributed by atoms with Crippen LogP contribution in [-0.4, -0.2) is 75.4 Å². The quantitative estimate of drug-likeness (QED) is 0.126. The van der Waals surface area contributed by atoms with E-state index in [1.165, 1.54) is 0 Å². The summed E-state index contributed by atoms with van der Waals surface area (Å²) in [5.74, 6) is -0.320. The summed E-state index contributed by atoms with van der Waals surface area (Å²) < 4.78 is 6.79. The summed E-state index contributed by atoms with van der Waals surface area (Å²) in [5, 5.41) is 0. The minimum atomic E-state index is -1.23. The largest absolute Gasteiger partial charge is 0.442 e. The predicted molar refractivity (Wildman–Crippen MR) is 232 cm³/mol. The number of fused-ring (bicyclic) bond motifs is 1. The second-order valence-electron chi connectivity index (χ2n) is 15.5. The molecule has 5 aromatic carbocycles. The Bertz CT molecular complexity index is 1970. The molecule has 7 heteroatoms. The van der Waals surface area contributed by atoms with Crippen molar-refractivity contribution in [2.75, 3.05) is 94.0 Å². The average molecular weight is 732 g/mol. The normalized spacial score (nSPS) is 14.2. The molecule has 2 aliphatic rings. The van der Waals surface area contributed by atoms with Gasteiger partial charge in [0.25, 0.3) is 0 Å². The van der Waals surface area contributed by atoms with Crippen molar-refractivity contribution < 1.29 is 9.53 Å². The van der Waals surface area contributed by atoms with E-state index in [1.807, 2.05) is 6.07 Å². The van der Waals surface area contributed by atoms with Gasteiger partial charge in [-0.1, -0.05) is 54.6 Å². The molecule has 0 unspecified atom stereocenters. The summed E-state index contributed by atoms with van der Waals surface area (Å²) in [4.78, 5) is 25.1. The topological polar surface area (TPSA) is 42.5 Å².